The molecule has 0 radical (unpaired) electrons. The van der Waals surface area contributed by atoms with Crippen LogP contribution in [-0.4, -0.2) is 20.7 Å². The summed E-state index contributed by atoms with van der Waals surface area (Å²) in [5.74, 6) is -0.0810. The average Bonchev–Trinajstić information content (AvgIpc) is 2.27. The number of fused-ring (bicyclic) bond motifs is 2. The first-order chi connectivity index (χ1) is 8.15. The molecule has 1 aliphatic carbocycles. The lowest BCUT2D eigenvalue weighted by Crippen LogP contribution is -2.23. The van der Waals surface area contributed by atoms with Gasteiger partial charge >= 0.3 is 5.69 Å². The molecule has 0 aliphatic heterocycles. The van der Waals surface area contributed by atoms with Crippen molar-refractivity contribution in [3.63, 3.8) is 0 Å². The van der Waals surface area contributed by atoms with Crippen LogP contribution in [0.3, 0.4) is 0 Å². The summed E-state index contributed by atoms with van der Waals surface area (Å²) in [5.41, 5.74) is -0.0631. The van der Waals surface area contributed by atoms with Crippen LogP contribution >= 0.6 is 0 Å². The lowest BCUT2D eigenvalue weighted by atomic mass is 10.00. The third-order valence-electron chi connectivity index (χ3n) is 2.63. The Morgan fingerprint density at radius 2 is 2.00 bits per heavy atom. The molecular formula is C11H7N3O3. The van der Waals surface area contributed by atoms with Gasteiger partial charge in [-0.25, -0.2) is 9.78 Å². The Labute approximate surface area is 94.0 Å². The molecule has 17 heavy (non-hydrogen) atoms. The van der Waals surface area contributed by atoms with Gasteiger partial charge in [-0.1, -0.05) is 6.08 Å². The second-order valence-corrected chi connectivity index (χ2v) is 3.76. The highest BCUT2D eigenvalue weighted by atomic mass is 16.2. The van der Waals surface area contributed by atoms with Gasteiger partial charge in [0.05, 0.1) is 11.1 Å². The van der Waals surface area contributed by atoms with Gasteiger partial charge in [-0.05, 0) is 12.1 Å². The molecule has 2 aromatic rings. The molecule has 2 aromatic heterocycles. The number of ketones is 1. The summed E-state index contributed by atoms with van der Waals surface area (Å²) in [6.07, 6.45) is 3.71. The van der Waals surface area contributed by atoms with Crippen molar-refractivity contribution in [3.8, 4) is 0 Å². The Morgan fingerprint density at radius 1 is 1.18 bits per heavy atom. The lowest BCUT2D eigenvalue weighted by molar-refractivity contribution is 0.0994. The maximum Gasteiger partial charge on any atom is 0.327 e. The number of carbonyl (C=O) groups excluding carboxylic acids is 1. The van der Waals surface area contributed by atoms with Gasteiger partial charge < -0.3 is 0 Å². The van der Waals surface area contributed by atoms with Gasteiger partial charge in [-0.15, -0.1) is 0 Å². The maximum absolute atomic E-state index is 11.6. The second kappa shape index (κ2) is 3.24. The first kappa shape index (κ1) is 9.71. The molecule has 0 saturated heterocycles. The number of aromatic nitrogens is 3. The summed E-state index contributed by atoms with van der Waals surface area (Å²) in [4.78, 5) is 42.9. The van der Waals surface area contributed by atoms with Crippen LogP contribution in [-0.2, 0) is 0 Å². The molecule has 6 nitrogen and oxygen atoms in total. The Kier molecular flexibility index (Phi) is 1.85. The number of rotatable bonds is 0. The zero-order chi connectivity index (χ0) is 12.0. The van der Waals surface area contributed by atoms with Crippen molar-refractivity contribution in [1.82, 2.24) is 15.0 Å². The number of hydrogen-bond donors (Lipinski definition) is 2. The summed E-state index contributed by atoms with van der Waals surface area (Å²) < 4.78 is 0. The minimum Gasteiger partial charge on any atom is -0.294 e. The van der Waals surface area contributed by atoms with E-state index in [4.69, 9.17) is 0 Å². The summed E-state index contributed by atoms with van der Waals surface area (Å²) in [7, 11) is 0. The van der Waals surface area contributed by atoms with E-state index in [0.717, 1.165) is 0 Å². The van der Waals surface area contributed by atoms with Crippen molar-refractivity contribution < 1.29 is 4.79 Å². The highest BCUT2D eigenvalue weighted by molar-refractivity contribution is 6.04. The van der Waals surface area contributed by atoms with Gasteiger partial charge in [0.15, 0.2) is 5.78 Å². The molecule has 1 aliphatic rings. The molecule has 0 amide bonds. The lowest BCUT2D eigenvalue weighted by Gasteiger charge is -2.08. The van der Waals surface area contributed by atoms with Gasteiger partial charge in [0, 0.05) is 12.0 Å². The normalized spacial score (nSPS) is 14.0. The van der Waals surface area contributed by atoms with E-state index >= 15 is 0 Å². The van der Waals surface area contributed by atoms with Crippen molar-refractivity contribution in [2.75, 3.05) is 0 Å². The van der Waals surface area contributed by atoms with Gasteiger partial charge in [-0.2, -0.15) is 0 Å². The van der Waals surface area contributed by atoms with E-state index in [1.807, 2.05) is 0 Å². The van der Waals surface area contributed by atoms with Gasteiger partial charge in [-0.3, -0.25) is 19.6 Å². The third-order valence-corrected chi connectivity index (χ3v) is 2.63. The fraction of sp³-hybridized carbons (Fsp3) is 0.0909. The molecule has 0 atom stereocenters. The van der Waals surface area contributed by atoms with Crippen molar-refractivity contribution >= 4 is 22.9 Å². The van der Waals surface area contributed by atoms with Crippen molar-refractivity contribution in [3.05, 3.63) is 44.2 Å². The van der Waals surface area contributed by atoms with Crippen LogP contribution < -0.4 is 11.2 Å². The Balaban J connectivity index is 2.48. The number of carbonyl (C=O) groups is 1. The van der Waals surface area contributed by atoms with Crippen LogP contribution in [0.1, 0.15) is 22.5 Å². The molecule has 2 N–H and O–H groups in total. The second-order valence-electron chi connectivity index (χ2n) is 3.76. The summed E-state index contributed by atoms with van der Waals surface area (Å²) in [6, 6.07) is 1.47. The van der Waals surface area contributed by atoms with Crippen LogP contribution in [0.25, 0.3) is 17.1 Å². The van der Waals surface area contributed by atoms with E-state index in [1.165, 1.54) is 6.07 Å². The van der Waals surface area contributed by atoms with Crippen LogP contribution in [0.15, 0.2) is 21.7 Å². The summed E-state index contributed by atoms with van der Waals surface area (Å²) in [5, 5.41) is 0.215. The predicted molar refractivity (Wildman–Crippen MR) is 61.0 cm³/mol. The number of aromatic amines is 2. The van der Waals surface area contributed by atoms with E-state index < -0.39 is 11.2 Å². The van der Waals surface area contributed by atoms with Crippen LogP contribution in [0.5, 0.6) is 0 Å². The Bertz CT molecular complexity index is 783. The zero-order valence-corrected chi connectivity index (χ0v) is 8.61. The van der Waals surface area contributed by atoms with Gasteiger partial charge in [0.1, 0.15) is 5.65 Å². The van der Waals surface area contributed by atoms with E-state index in [-0.39, 0.29) is 16.8 Å². The van der Waals surface area contributed by atoms with Crippen LogP contribution in [0, 0.1) is 0 Å². The van der Waals surface area contributed by atoms with Crippen LogP contribution in [0.4, 0.5) is 0 Å². The maximum atomic E-state index is 11.6. The molecule has 84 valence electrons. The Morgan fingerprint density at radius 3 is 2.82 bits per heavy atom. The van der Waals surface area contributed by atoms with E-state index in [9.17, 15) is 14.4 Å². The molecule has 0 fully saturated rings. The number of Topliss-reactive ketones (excluding diaryl/α,β-unsaturated/α-hetero) is 1. The number of hydrogen-bond acceptors (Lipinski definition) is 4. The number of nitrogens with one attached hydrogen (secondary N) is 2. The summed E-state index contributed by atoms with van der Waals surface area (Å²) >= 11 is 0. The first-order valence-electron chi connectivity index (χ1n) is 5.02. The number of pyridine rings is 1. The standard InChI is InChI=1S/C11H7N3O3/c15-8-3-1-2-7-5(8)4-6-9(12-7)13-11(17)14-10(6)16/h1-2,4H,3H2,(H2,12,13,14,16,17). The number of H-pyrrole nitrogens is 2. The van der Waals surface area contributed by atoms with E-state index in [1.54, 1.807) is 12.2 Å². The minimum atomic E-state index is -0.610. The van der Waals surface area contributed by atoms with E-state index in [0.29, 0.717) is 17.7 Å². The van der Waals surface area contributed by atoms with Crippen molar-refractivity contribution in [2.45, 2.75) is 6.42 Å². The SMILES string of the molecule is O=C1CC=Cc2nc3[nH]c(=O)[nH]c(=O)c3cc21. The van der Waals surface area contributed by atoms with Crippen molar-refractivity contribution in [1.29, 1.82) is 0 Å². The van der Waals surface area contributed by atoms with Crippen molar-refractivity contribution in [2.24, 2.45) is 0 Å². The van der Waals surface area contributed by atoms with Crippen LogP contribution in [0.2, 0.25) is 0 Å². The van der Waals surface area contributed by atoms with E-state index in [2.05, 4.69) is 15.0 Å². The topological polar surface area (TPSA) is 95.7 Å². The zero-order valence-electron chi connectivity index (χ0n) is 8.61. The molecule has 0 aromatic carbocycles. The highest BCUT2D eigenvalue weighted by Gasteiger charge is 2.16. The molecule has 0 bridgehead atoms. The molecular weight excluding hydrogens is 222 g/mol. The fourth-order valence-corrected chi connectivity index (χ4v) is 1.84. The smallest absolute Gasteiger partial charge is 0.294 e. The first-order valence-corrected chi connectivity index (χ1v) is 5.02. The minimum absolute atomic E-state index is 0.0810. The third kappa shape index (κ3) is 1.42. The molecule has 0 spiro atoms. The molecule has 0 saturated carbocycles. The number of allylic oxidation sites excluding steroid dienone is 1. The average molecular weight is 229 g/mol. The summed E-state index contributed by atoms with van der Waals surface area (Å²) in [6.45, 7) is 0. The quantitative estimate of drug-likeness (QED) is 0.675. The van der Waals surface area contributed by atoms with Gasteiger partial charge in [0.25, 0.3) is 5.56 Å². The number of nitrogens with zero attached hydrogens (tertiary/aromatic N) is 1. The fourth-order valence-electron chi connectivity index (χ4n) is 1.84. The largest absolute Gasteiger partial charge is 0.327 e. The molecule has 0 unspecified atom stereocenters. The molecule has 6 heteroatoms. The van der Waals surface area contributed by atoms with Gasteiger partial charge in [0.2, 0.25) is 0 Å². The Hall–Kier alpha value is -2.50. The molecule has 2 heterocycles. The highest BCUT2D eigenvalue weighted by Crippen LogP contribution is 2.19. The predicted octanol–water partition coefficient (Wildman–Crippen LogP) is 0.211. The monoisotopic (exact) mass is 229 g/mol. The molecule has 3 rings (SSSR count).